The van der Waals surface area contributed by atoms with Crippen LogP contribution in [-0.2, 0) is 4.79 Å². The molecule has 19 heavy (non-hydrogen) atoms. The van der Waals surface area contributed by atoms with Gasteiger partial charge in [0.2, 0.25) is 5.91 Å². The molecule has 1 aliphatic rings. The van der Waals surface area contributed by atoms with Crippen molar-refractivity contribution in [2.24, 2.45) is 0 Å². The van der Waals surface area contributed by atoms with Crippen LogP contribution in [0.2, 0.25) is 0 Å². The molecule has 1 fully saturated rings. The maximum absolute atomic E-state index is 11.6. The monoisotopic (exact) mass is 268 g/mol. The van der Waals surface area contributed by atoms with E-state index in [1.165, 1.54) is 12.8 Å². The predicted molar refractivity (Wildman–Crippen MR) is 74.9 cm³/mol. The van der Waals surface area contributed by atoms with Crippen molar-refractivity contribution >= 4 is 11.9 Å². The maximum atomic E-state index is 11.6. The molecule has 0 aromatic carbocycles. The number of nitrogens with one attached hydrogen (secondary N) is 3. The summed E-state index contributed by atoms with van der Waals surface area (Å²) in [6, 6.07) is -0.0322. The summed E-state index contributed by atoms with van der Waals surface area (Å²) in [5, 5.41) is 8.21. The van der Waals surface area contributed by atoms with Gasteiger partial charge in [0, 0.05) is 19.1 Å². The number of likely N-dealkylation sites (N-methyl/N-ethyl adjacent to an activating group) is 1. The van der Waals surface area contributed by atoms with Crippen molar-refractivity contribution in [3.8, 4) is 0 Å². The van der Waals surface area contributed by atoms with Crippen molar-refractivity contribution in [1.82, 2.24) is 20.9 Å². The second-order valence-electron chi connectivity index (χ2n) is 4.89. The lowest BCUT2D eigenvalue weighted by Gasteiger charge is -2.27. The SMILES string of the molecule is C=CCNC(=O)NC(=O)CN(C)CC1CCCCN1. The van der Waals surface area contributed by atoms with E-state index in [-0.39, 0.29) is 12.5 Å². The Hall–Kier alpha value is -1.40. The smallest absolute Gasteiger partial charge is 0.321 e. The Balaban J connectivity index is 2.19. The zero-order valence-electron chi connectivity index (χ0n) is 11.6. The highest BCUT2D eigenvalue weighted by Crippen LogP contribution is 2.07. The Labute approximate surface area is 114 Å². The topological polar surface area (TPSA) is 73.5 Å². The summed E-state index contributed by atoms with van der Waals surface area (Å²) in [6.45, 7) is 5.92. The Morgan fingerprint density at radius 1 is 1.47 bits per heavy atom. The molecule has 0 radical (unpaired) electrons. The highest BCUT2D eigenvalue weighted by atomic mass is 16.2. The number of carbonyl (C=O) groups is 2. The fourth-order valence-corrected chi connectivity index (χ4v) is 2.14. The number of hydrogen-bond donors (Lipinski definition) is 3. The van der Waals surface area contributed by atoms with Gasteiger partial charge in [0.1, 0.15) is 0 Å². The summed E-state index contributed by atoms with van der Waals surface area (Å²) in [6.07, 6.45) is 5.17. The zero-order chi connectivity index (χ0) is 14.1. The normalized spacial score (nSPS) is 18.9. The molecule has 0 bridgehead atoms. The van der Waals surface area contributed by atoms with Crippen molar-refractivity contribution < 1.29 is 9.59 Å². The average molecular weight is 268 g/mol. The summed E-state index contributed by atoms with van der Waals surface area (Å²) in [7, 11) is 1.89. The largest absolute Gasteiger partial charge is 0.334 e. The fraction of sp³-hybridized carbons (Fsp3) is 0.692. The van der Waals surface area contributed by atoms with E-state index in [4.69, 9.17) is 0 Å². The first-order valence-electron chi connectivity index (χ1n) is 6.72. The molecule has 0 saturated carbocycles. The molecule has 6 nitrogen and oxygen atoms in total. The van der Waals surface area contributed by atoms with Crippen LogP contribution in [0.25, 0.3) is 0 Å². The van der Waals surface area contributed by atoms with Gasteiger partial charge in [-0.15, -0.1) is 6.58 Å². The summed E-state index contributed by atoms with van der Waals surface area (Å²) < 4.78 is 0. The molecule has 1 rings (SSSR count). The van der Waals surface area contributed by atoms with Gasteiger partial charge in [-0.25, -0.2) is 4.79 Å². The number of piperidine rings is 1. The molecule has 3 N–H and O–H groups in total. The van der Waals surface area contributed by atoms with Crippen molar-refractivity contribution in [2.45, 2.75) is 25.3 Å². The lowest BCUT2D eigenvalue weighted by atomic mass is 10.0. The number of rotatable bonds is 6. The quantitative estimate of drug-likeness (QED) is 0.596. The van der Waals surface area contributed by atoms with Gasteiger partial charge in [0.15, 0.2) is 0 Å². The van der Waals surface area contributed by atoms with Crippen LogP contribution in [0.3, 0.4) is 0 Å². The number of imide groups is 1. The third-order valence-electron chi connectivity index (χ3n) is 3.02. The number of hydrogen-bond acceptors (Lipinski definition) is 4. The predicted octanol–water partition coefficient (Wildman–Crippen LogP) is 0.0721. The van der Waals surface area contributed by atoms with Gasteiger partial charge in [-0.3, -0.25) is 15.0 Å². The molecule has 1 saturated heterocycles. The van der Waals surface area contributed by atoms with Crippen LogP contribution in [-0.4, -0.2) is 56.1 Å². The lowest BCUT2D eigenvalue weighted by molar-refractivity contribution is -0.120. The van der Waals surface area contributed by atoms with E-state index in [0.29, 0.717) is 12.6 Å². The van der Waals surface area contributed by atoms with Crippen LogP contribution in [0, 0.1) is 0 Å². The van der Waals surface area contributed by atoms with Crippen molar-refractivity contribution in [1.29, 1.82) is 0 Å². The number of amides is 3. The third kappa shape index (κ3) is 6.93. The van der Waals surface area contributed by atoms with Gasteiger partial charge in [-0.2, -0.15) is 0 Å². The highest BCUT2D eigenvalue weighted by Gasteiger charge is 2.16. The van der Waals surface area contributed by atoms with Crippen LogP contribution in [0.15, 0.2) is 12.7 Å². The van der Waals surface area contributed by atoms with Crippen LogP contribution in [0.5, 0.6) is 0 Å². The van der Waals surface area contributed by atoms with E-state index in [1.54, 1.807) is 6.08 Å². The first-order chi connectivity index (χ1) is 9.11. The highest BCUT2D eigenvalue weighted by molar-refractivity contribution is 5.95. The maximum Gasteiger partial charge on any atom is 0.321 e. The summed E-state index contributed by atoms with van der Waals surface area (Å²) in [4.78, 5) is 24.8. The van der Waals surface area contributed by atoms with Crippen molar-refractivity contribution in [3.63, 3.8) is 0 Å². The molecule has 108 valence electrons. The second kappa shape index (κ2) is 8.66. The van der Waals surface area contributed by atoms with E-state index < -0.39 is 6.03 Å². The van der Waals surface area contributed by atoms with E-state index in [1.807, 2.05) is 11.9 Å². The van der Waals surface area contributed by atoms with Gasteiger partial charge < -0.3 is 10.6 Å². The molecule has 6 heteroatoms. The molecular formula is C13H24N4O2. The van der Waals surface area contributed by atoms with Gasteiger partial charge in [-0.05, 0) is 26.4 Å². The number of carbonyl (C=O) groups excluding carboxylic acids is 2. The van der Waals surface area contributed by atoms with Crippen LogP contribution < -0.4 is 16.0 Å². The Bertz CT molecular complexity index is 314. The van der Waals surface area contributed by atoms with Gasteiger partial charge in [-0.1, -0.05) is 12.5 Å². The fourth-order valence-electron chi connectivity index (χ4n) is 2.14. The molecule has 1 unspecified atom stereocenters. The second-order valence-corrected chi connectivity index (χ2v) is 4.89. The third-order valence-corrected chi connectivity index (χ3v) is 3.02. The van der Waals surface area contributed by atoms with Gasteiger partial charge >= 0.3 is 6.03 Å². The first-order valence-corrected chi connectivity index (χ1v) is 6.72. The lowest BCUT2D eigenvalue weighted by Crippen LogP contribution is -2.47. The molecule has 1 atom stereocenters. The van der Waals surface area contributed by atoms with Crippen LogP contribution >= 0.6 is 0 Å². The van der Waals surface area contributed by atoms with Gasteiger partial charge in [0.05, 0.1) is 6.54 Å². The minimum Gasteiger partial charge on any atom is -0.334 e. The van der Waals surface area contributed by atoms with E-state index in [2.05, 4.69) is 22.5 Å². The number of urea groups is 1. The standard InChI is InChI=1S/C13H24N4O2/c1-3-7-15-13(19)16-12(18)10-17(2)9-11-6-4-5-8-14-11/h3,11,14H,1,4-10H2,2H3,(H2,15,16,18,19). The van der Waals surface area contributed by atoms with Crippen molar-refractivity contribution in [3.05, 3.63) is 12.7 Å². The number of nitrogens with zero attached hydrogens (tertiary/aromatic N) is 1. The Morgan fingerprint density at radius 2 is 2.26 bits per heavy atom. The van der Waals surface area contributed by atoms with E-state index >= 15 is 0 Å². The van der Waals surface area contributed by atoms with Crippen LogP contribution in [0.4, 0.5) is 4.79 Å². The average Bonchev–Trinajstić information content (AvgIpc) is 2.37. The Morgan fingerprint density at radius 3 is 2.89 bits per heavy atom. The molecule has 0 spiro atoms. The molecule has 3 amide bonds. The summed E-state index contributed by atoms with van der Waals surface area (Å²) in [5.41, 5.74) is 0. The molecule has 0 aliphatic carbocycles. The first kappa shape index (κ1) is 15.7. The van der Waals surface area contributed by atoms with Crippen molar-refractivity contribution in [2.75, 3.05) is 33.2 Å². The van der Waals surface area contributed by atoms with Crippen LogP contribution in [0.1, 0.15) is 19.3 Å². The molecule has 0 aromatic rings. The summed E-state index contributed by atoms with van der Waals surface area (Å²) >= 11 is 0. The molecule has 1 heterocycles. The molecule has 0 aromatic heterocycles. The Kier molecular flexibility index (Phi) is 7.14. The minimum absolute atomic E-state index is 0.222. The molecular weight excluding hydrogens is 244 g/mol. The van der Waals surface area contributed by atoms with E-state index in [0.717, 1.165) is 19.5 Å². The molecule has 1 aliphatic heterocycles. The zero-order valence-corrected chi connectivity index (χ0v) is 11.6. The van der Waals surface area contributed by atoms with E-state index in [9.17, 15) is 9.59 Å². The summed E-state index contributed by atoms with van der Waals surface area (Å²) in [5.74, 6) is -0.292. The minimum atomic E-state index is -0.478. The van der Waals surface area contributed by atoms with Gasteiger partial charge in [0.25, 0.3) is 0 Å².